The summed E-state index contributed by atoms with van der Waals surface area (Å²) >= 11 is 0. The standard InChI is InChI=1S/C22H12F3N3O3/c23-22(24,25)13-5-3-4-12(10-13)17-8-9-18(31-17)19(29)15(11-26)20-27-16-7-2-1-6-14(16)21(30)28-20/h1-10,14H,(H,28,30)/b20-15+. The minimum absolute atomic E-state index is 0.0242. The van der Waals surface area contributed by atoms with Gasteiger partial charge in [0.05, 0.1) is 17.2 Å². The molecule has 9 heteroatoms. The number of benzene rings is 1. The summed E-state index contributed by atoms with van der Waals surface area (Å²) in [6, 6.07) is 8.75. The van der Waals surface area contributed by atoms with Crippen LogP contribution in [0.1, 0.15) is 16.1 Å². The maximum Gasteiger partial charge on any atom is 0.416 e. The number of alkyl halides is 3. The van der Waals surface area contributed by atoms with Crippen LogP contribution in [0.4, 0.5) is 13.2 Å². The van der Waals surface area contributed by atoms with Gasteiger partial charge in [-0.15, -0.1) is 0 Å². The summed E-state index contributed by atoms with van der Waals surface area (Å²) in [4.78, 5) is 29.3. The normalized spacial score (nSPS) is 19.2. The lowest BCUT2D eigenvalue weighted by Gasteiger charge is -2.22. The fourth-order valence-corrected chi connectivity index (χ4v) is 3.13. The van der Waals surface area contributed by atoms with E-state index in [2.05, 4.69) is 10.3 Å². The predicted octanol–water partition coefficient (Wildman–Crippen LogP) is 4.20. The average Bonchev–Trinajstić information content (AvgIpc) is 3.24. The molecular formula is C22H12F3N3O3. The zero-order chi connectivity index (χ0) is 22.2. The van der Waals surface area contributed by atoms with Gasteiger partial charge in [-0.25, -0.2) is 4.99 Å². The Morgan fingerprint density at radius 3 is 2.74 bits per heavy atom. The van der Waals surface area contributed by atoms with Gasteiger partial charge < -0.3 is 9.73 Å². The lowest BCUT2D eigenvalue weighted by atomic mass is 9.95. The van der Waals surface area contributed by atoms with Crippen molar-refractivity contribution < 1.29 is 27.2 Å². The fraction of sp³-hybridized carbons (Fsp3) is 0.0909. The van der Waals surface area contributed by atoms with Crippen molar-refractivity contribution in [2.75, 3.05) is 0 Å². The van der Waals surface area contributed by atoms with Crippen LogP contribution in [-0.4, -0.2) is 17.4 Å². The lowest BCUT2D eigenvalue weighted by molar-refractivity contribution is -0.137. The molecule has 1 atom stereocenters. The maximum absolute atomic E-state index is 12.9. The number of nitriles is 1. The summed E-state index contributed by atoms with van der Waals surface area (Å²) in [7, 11) is 0. The van der Waals surface area contributed by atoms with Crippen molar-refractivity contribution in [2.45, 2.75) is 6.18 Å². The third-order valence-electron chi connectivity index (χ3n) is 4.65. The van der Waals surface area contributed by atoms with Crippen molar-refractivity contribution >= 4 is 17.4 Å². The smallest absolute Gasteiger partial charge is 0.416 e. The Hall–Kier alpha value is -4.19. The predicted molar refractivity (Wildman–Crippen MR) is 103 cm³/mol. The van der Waals surface area contributed by atoms with E-state index in [0.29, 0.717) is 5.71 Å². The molecule has 2 heterocycles. The number of hydrogen-bond acceptors (Lipinski definition) is 5. The molecule has 0 bridgehead atoms. The van der Waals surface area contributed by atoms with E-state index in [4.69, 9.17) is 4.42 Å². The third-order valence-corrected chi connectivity index (χ3v) is 4.65. The number of nitrogens with one attached hydrogen (secondary N) is 1. The molecule has 6 nitrogen and oxygen atoms in total. The number of rotatable bonds is 3. The van der Waals surface area contributed by atoms with Crippen LogP contribution in [-0.2, 0) is 11.0 Å². The lowest BCUT2D eigenvalue weighted by Crippen LogP contribution is -2.39. The summed E-state index contributed by atoms with van der Waals surface area (Å²) in [6.07, 6.45) is 2.06. The highest BCUT2D eigenvalue weighted by atomic mass is 19.4. The first-order valence-corrected chi connectivity index (χ1v) is 8.99. The first kappa shape index (κ1) is 20.1. The topological polar surface area (TPSA) is 95.5 Å². The molecule has 0 radical (unpaired) electrons. The molecule has 2 aliphatic rings. The fourth-order valence-electron chi connectivity index (χ4n) is 3.13. The average molecular weight is 423 g/mol. The molecule has 2 aromatic rings. The molecular weight excluding hydrogens is 411 g/mol. The zero-order valence-electron chi connectivity index (χ0n) is 15.6. The van der Waals surface area contributed by atoms with E-state index in [1.807, 2.05) is 0 Å². The number of Topliss-reactive ketones (excluding diaryl/α,β-unsaturated/α-hetero) is 1. The number of halogens is 3. The van der Waals surface area contributed by atoms with Crippen LogP contribution in [0.25, 0.3) is 11.3 Å². The first-order valence-electron chi connectivity index (χ1n) is 8.99. The molecule has 1 N–H and O–H groups in total. The van der Waals surface area contributed by atoms with E-state index in [9.17, 15) is 28.0 Å². The highest BCUT2D eigenvalue weighted by Gasteiger charge is 2.32. The van der Waals surface area contributed by atoms with Crippen LogP contribution in [0.3, 0.4) is 0 Å². The molecule has 1 amide bonds. The van der Waals surface area contributed by atoms with Gasteiger partial charge in [-0.3, -0.25) is 9.59 Å². The summed E-state index contributed by atoms with van der Waals surface area (Å²) in [5.41, 5.74) is -0.815. The van der Waals surface area contributed by atoms with Crippen molar-refractivity contribution in [2.24, 2.45) is 10.9 Å². The minimum Gasteiger partial charge on any atom is -0.453 e. The van der Waals surface area contributed by atoms with Gasteiger partial charge >= 0.3 is 6.18 Å². The SMILES string of the molecule is N#C/C(C(=O)c1ccc(-c2cccc(C(F)(F)F)c2)o1)=C1/N=C2C=CC=CC2C(=O)N1. The second-order valence-corrected chi connectivity index (χ2v) is 6.65. The van der Waals surface area contributed by atoms with E-state index in [-0.39, 0.29) is 22.9 Å². The van der Waals surface area contributed by atoms with Crippen molar-refractivity contribution in [1.82, 2.24) is 5.32 Å². The van der Waals surface area contributed by atoms with Crippen LogP contribution >= 0.6 is 0 Å². The minimum atomic E-state index is -4.53. The number of aliphatic imine (C=N–C) groups is 1. The number of hydrogen-bond donors (Lipinski definition) is 1. The Bertz CT molecular complexity index is 1260. The van der Waals surface area contributed by atoms with Crippen LogP contribution in [0.2, 0.25) is 0 Å². The van der Waals surface area contributed by atoms with Crippen molar-refractivity contribution in [3.63, 3.8) is 0 Å². The van der Waals surface area contributed by atoms with E-state index >= 15 is 0 Å². The molecule has 1 aliphatic heterocycles. The van der Waals surface area contributed by atoms with Crippen LogP contribution < -0.4 is 5.32 Å². The van der Waals surface area contributed by atoms with Crippen molar-refractivity contribution in [1.29, 1.82) is 5.26 Å². The zero-order valence-corrected chi connectivity index (χ0v) is 15.6. The number of furan rings is 1. The number of fused-ring (bicyclic) bond motifs is 1. The number of amides is 1. The largest absolute Gasteiger partial charge is 0.453 e. The molecule has 1 aromatic carbocycles. The monoisotopic (exact) mass is 423 g/mol. The highest BCUT2D eigenvalue weighted by Crippen LogP contribution is 2.33. The molecule has 0 spiro atoms. The summed E-state index contributed by atoms with van der Waals surface area (Å²) in [5, 5.41) is 11.9. The third kappa shape index (κ3) is 3.83. The molecule has 0 saturated carbocycles. The molecule has 0 fully saturated rings. The number of carbonyl (C=O) groups is 2. The summed E-state index contributed by atoms with van der Waals surface area (Å²) in [5.74, 6) is -2.36. The Labute approximate surface area is 173 Å². The Morgan fingerprint density at radius 1 is 1.19 bits per heavy atom. The van der Waals surface area contributed by atoms with Crippen molar-refractivity contribution in [3.05, 3.63) is 83.4 Å². The van der Waals surface area contributed by atoms with E-state index in [1.54, 1.807) is 30.4 Å². The Balaban J connectivity index is 1.68. The Morgan fingerprint density at radius 2 is 2.00 bits per heavy atom. The van der Waals surface area contributed by atoms with Crippen LogP contribution in [0, 0.1) is 17.2 Å². The van der Waals surface area contributed by atoms with Gasteiger partial charge in [-0.05, 0) is 30.3 Å². The number of allylic oxidation sites excluding steroid dienone is 4. The number of ketones is 1. The van der Waals surface area contributed by atoms with Gasteiger partial charge in [0.1, 0.15) is 17.4 Å². The van der Waals surface area contributed by atoms with Gasteiger partial charge in [0.2, 0.25) is 11.7 Å². The van der Waals surface area contributed by atoms with Crippen LogP contribution in [0.5, 0.6) is 0 Å². The first-order chi connectivity index (χ1) is 14.8. The summed E-state index contributed by atoms with van der Waals surface area (Å²) in [6.45, 7) is 0. The summed E-state index contributed by atoms with van der Waals surface area (Å²) < 4.78 is 44.2. The molecule has 31 heavy (non-hydrogen) atoms. The van der Waals surface area contributed by atoms with Gasteiger partial charge in [0.25, 0.3) is 0 Å². The molecule has 4 rings (SSSR count). The number of nitrogens with zero attached hydrogens (tertiary/aromatic N) is 2. The van der Waals surface area contributed by atoms with Gasteiger partial charge in [-0.1, -0.05) is 30.4 Å². The second-order valence-electron chi connectivity index (χ2n) is 6.65. The molecule has 1 aliphatic carbocycles. The highest BCUT2D eigenvalue weighted by molar-refractivity contribution is 6.16. The molecule has 154 valence electrons. The molecule has 0 saturated heterocycles. The second kappa shape index (κ2) is 7.57. The maximum atomic E-state index is 12.9. The number of carbonyl (C=O) groups excluding carboxylic acids is 2. The Kier molecular flexibility index (Phi) is 4.91. The van der Waals surface area contributed by atoms with Gasteiger partial charge in [-0.2, -0.15) is 18.4 Å². The molecule has 1 aromatic heterocycles. The van der Waals surface area contributed by atoms with Gasteiger partial charge in [0.15, 0.2) is 11.6 Å². The van der Waals surface area contributed by atoms with E-state index < -0.39 is 34.9 Å². The van der Waals surface area contributed by atoms with Gasteiger partial charge in [0, 0.05) is 5.56 Å². The quantitative estimate of drug-likeness (QED) is 0.455. The van der Waals surface area contributed by atoms with Crippen LogP contribution in [0.15, 0.2) is 81.5 Å². The molecule has 1 unspecified atom stereocenters. The van der Waals surface area contributed by atoms with Crippen molar-refractivity contribution in [3.8, 4) is 17.4 Å². The van der Waals surface area contributed by atoms with E-state index in [0.717, 1.165) is 12.1 Å². The van der Waals surface area contributed by atoms with E-state index in [1.165, 1.54) is 24.3 Å².